The second-order valence-corrected chi connectivity index (χ2v) is 7.83. The van der Waals surface area contributed by atoms with Crippen LogP contribution in [-0.2, 0) is 24.4 Å². The Morgan fingerprint density at radius 3 is 2.03 bits per heavy atom. The minimum atomic E-state index is -5.90. The first-order valence-corrected chi connectivity index (χ1v) is 9.33. The third-order valence-electron chi connectivity index (χ3n) is 4.41. The fourth-order valence-corrected chi connectivity index (χ4v) is 4.49. The van der Waals surface area contributed by atoms with Gasteiger partial charge >= 0.3 is 23.7 Å². The summed E-state index contributed by atoms with van der Waals surface area (Å²) >= 11 is 0. The lowest BCUT2D eigenvalue weighted by Crippen LogP contribution is -2.45. The summed E-state index contributed by atoms with van der Waals surface area (Å²) in [4.78, 5) is 23.6. The van der Waals surface area contributed by atoms with Crippen LogP contribution in [0.1, 0.15) is 0 Å². The van der Waals surface area contributed by atoms with Gasteiger partial charge in [-0.2, -0.15) is 31.0 Å². The van der Waals surface area contributed by atoms with Gasteiger partial charge in [0, 0.05) is 11.9 Å². The molecule has 0 radical (unpaired) electrons. The van der Waals surface area contributed by atoms with Crippen molar-refractivity contribution < 1.29 is 30.6 Å². The van der Waals surface area contributed by atoms with Crippen molar-refractivity contribution in [2.45, 2.75) is 23.8 Å². The second-order valence-electron chi connectivity index (χ2n) is 6.41. The van der Waals surface area contributed by atoms with Gasteiger partial charge in [-0.25, -0.2) is 23.0 Å². The fourth-order valence-electron chi connectivity index (χ4n) is 3.12. The predicted octanol–water partition coefficient (Wildman–Crippen LogP) is 2.64. The van der Waals surface area contributed by atoms with E-state index in [0.717, 1.165) is 7.05 Å². The van der Waals surface area contributed by atoms with Crippen LogP contribution in [0.5, 0.6) is 0 Å². The molecule has 0 N–H and O–H groups in total. The predicted molar refractivity (Wildman–Crippen MR) is 94.7 cm³/mol. The maximum absolute atomic E-state index is 13.6. The van der Waals surface area contributed by atoms with Crippen LogP contribution in [-0.4, -0.2) is 30.5 Å². The Morgan fingerprint density at radius 2 is 1.53 bits per heavy atom. The quantitative estimate of drug-likeness (QED) is 0.672. The molecule has 0 bridgehead atoms. The van der Waals surface area contributed by atoms with Gasteiger partial charge in [-0.1, -0.05) is 24.8 Å². The van der Waals surface area contributed by atoms with E-state index in [0.29, 0.717) is 9.25 Å². The minimum Gasteiger partial charge on any atom is -0.249 e. The average Bonchev–Trinajstić information content (AvgIpc) is 2.84. The van der Waals surface area contributed by atoms with Crippen molar-refractivity contribution in [1.82, 2.24) is 13.9 Å². The molecule has 3 rings (SSSR count). The Bertz CT molecular complexity index is 1170. The summed E-state index contributed by atoms with van der Waals surface area (Å²) in [6, 6.07) is 6.81. The van der Waals surface area contributed by atoms with Crippen LogP contribution in [0.4, 0.5) is 26.3 Å². The van der Waals surface area contributed by atoms with Crippen LogP contribution in [0.25, 0.3) is 5.70 Å². The molecule has 0 amide bonds. The Hall–Kier alpha value is -2.83. The summed E-state index contributed by atoms with van der Waals surface area (Å²) < 4.78 is 95.5. The highest BCUT2D eigenvalue weighted by molar-refractivity contribution is 7.89. The van der Waals surface area contributed by atoms with E-state index in [1.165, 1.54) is 30.3 Å². The van der Waals surface area contributed by atoms with Crippen LogP contribution in [0.2, 0.25) is 0 Å². The van der Waals surface area contributed by atoms with E-state index in [2.05, 4.69) is 6.58 Å². The number of benzene rings is 1. The standard InChI is InChI=1S/C17H13F6N3O3S/c1-9-8-25-14(27)24(2)15(28)26(25)11(13(16(18,19)20)17(21,22)23)12(9)30(29)10-6-4-3-5-7-10/h3-7,13H,1,8H2,2H3. The number of aromatic nitrogens is 3. The molecular formula is C17H13F6N3O3S. The number of hydrogen-bond donors (Lipinski definition) is 0. The topological polar surface area (TPSA) is 66.0 Å². The van der Waals surface area contributed by atoms with Crippen LogP contribution in [0.15, 0.2) is 61.9 Å². The van der Waals surface area contributed by atoms with Gasteiger partial charge in [0.2, 0.25) is 0 Å². The van der Waals surface area contributed by atoms with Gasteiger partial charge < -0.3 is 0 Å². The van der Waals surface area contributed by atoms with E-state index < -0.39 is 63.2 Å². The van der Waals surface area contributed by atoms with E-state index in [1.54, 1.807) is 0 Å². The Kier molecular flexibility index (Phi) is 5.21. The lowest BCUT2D eigenvalue weighted by atomic mass is 10.0. The number of rotatable bonds is 3. The van der Waals surface area contributed by atoms with Gasteiger partial charge in [0.1, 0.15) is 0 Å². The Balaban J connectivity index is 2.49. The van der Waals surface area contributed by atoms with E-state index in [9.17, 15) is 40.1 Å². The van der Waals surface area contributed by atoms with Crippen molar-refractivity contribution in [3.8, 4) is 0 Å². The summed E-state index contributed by atoms with van der Waals surface area (Å²) in [5.74, 6) is -4.17. The average molecular weight is 453 g/mol. The van der Waals surface area contributed by atoms with Gasteiger partial charge in [0.15, 0.2) is 5.92 Å². The van der Waals surface area contributed by atoms with Crippen molar-refractivity contribution in [2.75, 3.05) is 0 Å². The summed E-state index contributed by atoms with van der Waals surface area (Å²) in [6.45, 7) is 2.85. The maximum atomic E-state index is 13.6. The van der Waals surface area contributed by atoms with E-state index >= 15 is 0 Å². The van der Waals surface area contributed by atoms with Gasteiger partial charge in [0.25, 0.3) is 0 Å². The molecule has 1 aromatic heterocycles. The number of halogens is 6. The van der Waals surface area contributed by atoms with Crippen LogP contribution in [0.3, 0.4) is 0 Å². The van der Waals surface area contributed by atoms with Crippen LogP contribution >= 0.6 is 0 Å². The number of fused-ring (bicyclic) bond motifs is 1. The molecular weight excluding hydrogens is 440 g/mol. The number of nitrogens with zero attached hydrogens (tertiary/aromatic N) is 3. The van der Waals surface area contributed by atoms with Crippen molar-refractivity contribution in [2.24, 2.45) is 13.0 Å². The normalized spacial score (nSPS) is 16.2. The smallest absolute Gasteiger partial charge is 0.249 e. The molecule has 13 heteroatoms. The first kappa shape index (κ1) is 21.9. The molecule has 1 aliphatic rings. The SMILES string of the molecule is C=C1Cn2c(=O)n(C)c(=O)n2C(C(C(F)(F)F)C(F)(F)F)=C1S(=O)c1ccccc1. The van der Waals surface area contributed by atoms with E-state index in [-0.39, 0.29) is 9.58 Å². The molecule has 1 unspecified atom stereocenters. The fraction of sp³-hybridized carbons (Fsp3) is 0.294. The highest BCUT2D eigenvalue weighted by Crippen LogP contribution is 2.48. The Morgan fingerprint density at radius 1 is 1.00 bits per heavy atom. The zero-order valence-corrected chi connectivity index (χ0v) is 15.9. The molecule has 0 fully saturated rings. The molecule has 0 saturated carbocycles. The summed E-state index contributed by atoms with van der Waals surface area (Å²) in [7, 11) is -1.63. The third kappa shape index (κ3) is 3.46. The summed E-state index contributed by atoms with van der Waals surface area (Å²) in [5, 5.41) is 0. The van der Waals surface area contributed by atoms with Gasteiger partial charge in [-0.05, 0) is 17.7 Å². The van der Waals surface area contributed by atoms with Gasteiger partial charge in [-0.15, -0.1) is 0 Å². The zero-order valence-electron chi connectivity index (χ0n) is 15.1. The monoisotopic (exact) mass is 453 g/mol. The van der Waals surface area contributed by atoms with Crippen LogP contribution in [0, 0.1) is 5.92 Å². The molecule has 6 nitrogen and oxygen atoms in total. The molecule has 2 heterocycles. The van der Waals surface area contributed by atoms with E-state index in [1.807, 2.05) is 0 Å². The van der Waals surface area contributed by atoms with Gasteiger partial charge in [0.05, 0.1) is 27.9 Å². The molecule has 1 aromatic carbocycles. The number of allylic oxidation sites excluding steroid dienone is 2. The largest absolute Gasteiger partial charge is 0.406 e. The molecule has 0 spiro atoms. The number of alkyl halides is 6. The maximum Gasteiger partial charge on any atom is 0.406 e. The number of hydrogen-bond acceptors (Lipinski definition) is 3. The van der Waals surface area contributed by atoms with Crippen molar-refractivity contribution in [3.05, 3.63) is 68.4 Å². The molecule has 30 heavy (non-hydrogen) atoms. The van der Waals surface area contributed by atoms with Crippen molar-refractivity contribution in [3.63, 3.8) is 0 Å². The molecule has 0 saturated heterocycles. The minimum absolute atomic E-state index is 0.00116. The second kappa shape index (κ2) is 7.15. The lowest BCUT2D eigenvalue weighted by molar-refractivity contribution is -0.265. The first-order chi connectivity index (χ1) is 13.8. The summed E-state index contributed by atoms with van der Waals surface area (Å²) in [5.41, 5.74) is -4.61. The molecule has 0 aliphatic carbocycles. The van der Waals surface area contributed by atoms with Crippen LogP contribution < -0.4 is 11.4 Å². The molecule has 1 aliphatic heterocycles. The van der Waals surface area contributed by atoms with Crippen molar-refractivity contribution in [1.29, 1.82) is 0 Å². The third-order valence-corrected chi connectivity index (χ3v) is 5.98. The lowest BCUT2D eigenvalue weighted by Gasteiger charge is -2.31. The highest BCUT2D eigenvalue weighted by Gasteiger charge is 2.61. The Labute approximate surface area is 166 Å². The summed E-state index contributed by atoms with van der Waals surface area (Å²) in [6.07, 6.45) is -11.8. The molecule has 1 atom stereocenters. The first-order valence-electron chi connectivity index (χ1n) is 8.18. The zero-order chi connectivity index (χ0) is 22.6. The highest BCUT2D eigenvalue weighted by atomic mass is 32.2. The van der Waals surface area contributed by atoms with Gasteiger partial charge in [-0.3, -0.25) is 0 Å². The molecule has 162 valence electrons. The van der Waals surface area contributed by atoms with Crippen molar-refractivity contribution >= 4 is 16.5 Å². The van der Waals surface area contributed by atoms with E-state index in [4.69, 9.17) is 0 Å². The molecule has 2 aromatic rings.